The third-order valence-corrected chi connectivity index (χ3v) is 2.32. The van der Waals surface area contributed by atoms with E-state index in [1.165, 1.54) is 0 Å². The van der Waals surface area contributed by atoms with Crippen LogP contribution in [0.25, 0.3) is 0 Å². The normalized spacial score (nSPS) is 10.1. The molecule has 0 aliphatic heterocycles. The number of ether oxygens (including phenoxy) is 1. The van der Waals surface area contributed by atoms with Gasteiger partial charge in [0.15, 0.2) is 0 Å². The van der Waals surface area contributed by atoms with E-state index in [1.807, 2.05) is 24.3 Å². The molecule has 1 rings (SSSR count). The van der Waals surface area contributed by atoms with E-state index in [4.69, 9.17) is 9.84 Å². The van der Waals surface area contributed by atoms with Crippen molar-refractivity contribution in [2.45, 2.75) is 32.8 Å². The number of benzene rings is 1. The number of aliphatic hydroxyl groups excluding tert-OH is 1. The average molecular weight is 222 g/mol. The monoisotopic (exact) mass is 222 g/mol. The molecule has 0 bridgehead atoms. The van der Waals surface area contributed by atoms with Crippen LogP contribution in [0.5, 0.6) is 5.75 Å². The Morgan fingerprint density at radius 3 is 2.75 bits per heavy atom. The number of hydrogen-bond donors (Lipinski definition) is 1. The molecule has 16 heavy (non-hydrogen) atoms. The number of para-hydroxylation sites is 1. The van der Waals surface area contributed by atoms with E-state index < -0.39 is 0 Å². The summed E-state index contributed by atoms with van der Waals surface area (Å²) in [5, 5.41) is 9.07. The van der Waals surface area contributed by atoms with Crippen molar-refractivity contribution in [2.75, 3.05) is 6.61 Å². The Kier molecular flexibility index (Phi) is 5.57. The predicted octanol–water partition coefficient (Wildman–Crippen LogP) is 2.32. The molecule has 88 valence electrons. The van der Waals surface area contributed by atoms with Crippen LogP contribution >= 0.6 is 0 Å². The number of carbonyl (C=O) groups excluding carboxylic acids is 1. The van der Waals surface area contributed by atoms with Gasteiger partial charge in [0.2, 0.25) is 0 Å². The third-order valence-electron chi connectivity index (χ3n) is 2.32. The van der Waals surface area contributed by atoms with Crippen molar-refractivity contribution >= 4 is 5.78 Å². The van der Waals surface area contributed by atoms with Gasteiger partial charge in [-0.15, -0.1) is 0 Å². The van der Waals surface area contributed by atoms with Crippen molar-refractivity contribution in [2.24, 2.45) is 0 Å². The summed E-state index contributed by atoms with van der Waals surface area (Å²) in [4.78, 5) is 10.7. The average Bonchev–Trinajstić information content (AvgIpc) is 2.29. The number of unbranched alkanes of at least 4 members (excludes halogenated alkanes) is 1. The molecule has 3 nitrogen and oxygen atoms in total. The van der Waals surface area contributed by atoms with Crippen LogP contribution in [-0.4, -0.2) is 17.5 Å². The van der Waals surface area contributed by atoms with Gasteiger partial charge in [0, 0.05) is 12.0 Å². The summed E-state index contributed by atoms with van der Waals surface area (Å²) < 4.78 is 5.54. The maximum atomic E-state index is 10.7. The van der Waals surface area contributed by atoms with Gasteiger partial charge in [-0.05, 0) is 25.8 Å². The molecule has 0 radical (unpaired) electrons. The Morgan fingerprint density at radius 2 is 2.06 bits per heavy atom. The molecule has 3 heteroatoms. The fourth-order valence-corrected chi connectivity index (χ4v) is 1.43. The second-order valence-corrected chi connectivity index (χ2v) is 3.77. The molecule has 0 spiro atoms. The largest absolute Gasteiger partial charge is 0.493 e. The molecule has 0 amide bonds. The van der Waals surface area contributed by atoms with Crippen molar-refractivity contribution in [3.63, 3.8) is 0 Å². The SMILES string of the molecule is CC(=O)CCCCOc1ccccc1CO. The van der Waals surface area contributed by atoms with Crippen LogP contribution in [0.15, 0.2) is 24.3 Å². The summed E-state index contributed by atoms with van der Waals surface area (Å²) in [5.74, 6) is 0.948. The molecular formula is C13H18O3. The van der Waals surface area contributed by atoms with E-state index in [0.717, 1.165) is 24.2 Å². The minimum absolute atomic E-state index is 0.0103. The van der Waals surface area contributed by atoms with Crippen LogP contribution in [-0.2, 0) is 11.4 Å². The molecule has 0 unspecified atom stereocenters. The molecule has 0 heterocycles. The van der Waals surface area contributed by atoms with E-state index >= 15 is 0 Å². The molecule has 1 N–H and O–H groups in total. The van der Waals surface area contributed by atoms with E-state index in [-0.39, 0.29) is 12.4 Å². The smallest absolute Gasteiger partial charge is 0.129 e. The zero-order valence-corrected chi connectivity index (χ0v) is 9.61. The van der Waals surface area contributed by atoms with Gasteiger partial charge < -0.3 is 14.6 Å². The first-order chi connectivity index (χ1) is 7.74. The molecule has 0 saturated heterocycles. The highest BCUT2D eigenvalue weighted by molar-refractivity contribution is 5.75. The number of rotatable bonds is 7. The van der Waals surface area contributed by atoms with Gasteiger partial charge in [-0.1, -0.05) is 18.2 Å². The standard InChI is InChI=1S/C13H18O3/c1-11(15)6-4-5-9-16-13-8-3-2-7-12(13)10-14/h2-3,7-8,14H,4-6,9-10H2,1H3. The zero-order valence-electron chi connectivity index (χ0n) is 9.61. The van der Waals surface area contributed by atoms with Crippen LogP contribution in [0.3, 0.4) is 0 Å². The lowest BCUT2D eigenvalue weighted by Gasteiger charge is -2.09. The van der Waals surface area contributed by atoms with Gasteiger partial charge in [0.1, 0.15) is 11.5 Å². The van der Waals surface area contributed by atoms with Gasteiger partial charge in [-0.25, -0.2) is 0 Å². The highest BCUT2D eigenvalue weighted by atomic mass is 16.5. The van der Waals surface area contributed by atoms with E-state index in [9.17, 15) is 4.79 Å². The molecule has 0 saturated carbocycles. The molecule has 1 aromatic carbocycles. The highest BCUT2D eigenvalue weighted by Crippen LogP contribution is 2.17. The zero-order chi connectivity index (χ0) is 11.8. The molecular weight excluding hydrogens is 204 g/mol. The summed E-state index contributed by atoms with van der Waals surface area (Å²) in [6.45, 7) is 2.18. The molecule has 0 atom stereocenters. The summed E-state index contributed by atoms with van der Waals surface area (Å²) in [6.07, 6.45) is 2.33. The number of hydrogen-bond acceptors (Lipinski definition) is 3. The fraction of sp³-hybridized carbons (Fsp3) is 0.462. The van der Waals surface area contributed by atoms with Crippen molar-refractivity contribution in [1.82, 2.24) is 0 Å². The highest BCUT2D eigenvalue weighted by Gasteiger charge is 2.01. The van der Waals surface area contributed by atoms with Gasteiger partial charge in [-0.2, -0.15) is 0 Å². The number of ketones is 1. The van der Waals surface area contributed by atoms with Crippen LogP contribution in [0.1, 0.15) is 31.7 Å². The molecule has 0 aliphatic rings. The Bertz CT molecular complexity index is 334. The topological polar surface area (TPSA) is 46.5 Å². The van der Waals surface area contributed by atoms with Crippen molar-refractivity contribution < 1.29 is 14.6 Å². The Balaban J connectivity index is 2.28. The van der Waals surface area contributed by atoms with Gasteiger partial charge in [0.05, 0.1) is 13.2 Å². The lowest BCUT2D eigenvalue weighted by molar-refractivity contribution is -0.117. The first kappa shape index (κ1) is 12.7. The molecule has 0 fully saturated rings. The third kappa shape index (κ3) is 4.45. The molecule has 0 aliphatic carbocycles. The van der Waals surface area contributed by atoms with Crippen LogP contribution < -0.4 is 4.74 Å². The fourth-order valence-electron chi connectivity index (χ4n) is 1.43. The predicted molar refractivity (Wildman–Crippen MR) is 62.4 cm³/mol. The van der Waals surface area contributed by atoms with Gasteiger partial charge in [-0.3, -0.25) is 0 Å². The Hall–Kier alpha value is -1.35. The van der Waals surface area contributed by atoms with E-state index in [0.29, 0.717) is 13.0 Å². The van der Waals surface area contributed by atoms with Gasteiger partial charge >= 0.3 is 0 Å². The second-order valence-electron chi connectivity index (χ2n) is 3.77. The van der Waals surface area contributed by atoms with Crippen LogP contribution in [0.4, 0.5) is 0 Å². The van der Waals surface area contributed by atoms with Crippen molar-refractivity contribution in [1.29, 1.82) is 0 Å². The first-order valence-electron chi connectivity index (χ1n) is 5.55. The Labute approximate surface area is 96.1 Å². The lowest BCUT2D eigenvalue weighted by atomic mass is 10.2. The first-order valence-corrected chi connectivity index (χ1v) is 5.55. The number of carbonyl (C=O) groups is 1. The Morgan fingerprint density at radius 1 is 1.31 bits per heavy atom. The van der Waals surface area contributed by atoms with Crippen molar-refractivity contribution in [3.05, 3.63) is 29.8 Å². The second kappa shape index (κ2) is 7.01. The van der Waals surface area contributed by atoms with Crippen molar-refractivity contribution in [3.8, 4) is 5.75 Å². The number of Topliss-reactive ketones (excluding diaryl/α,β-unsaturated/α-hetero) is 1. The molecule has 1 aromatic rings. The minimum atomic E-state index is -0.0103. The summed E-state index contributed by atoms with van der Waals surface area (Å²) in [6, 6.07) is 7.43. The quantitative estimate of drug-likeness (QED) is 0.720. The van der Waals surface area contributed by atoms with Gasteiger partial charge in [0.25, 0.3) is 0 Å². The van der Waals surface area contributed by atoms with E-state index in [2.05, 4.69) is 0 Å². The summed E-state index contributed by atoms with van der Waals surface area (Å²) in [7, 11) is 0. The molecule has 0 aromatic heterocycles. The lowest BCUT2D eigenvalue weighted by Crippen LogP contribution is -2.01. The van der Waals surface area contributed by atoms with Crippen LogP contribution in [0, 0.1) is 0 Å². The summed E-state index contributed by atoms with van der Waals surface area (Å²) in [5.41, 5.74) is 0.800. The maximum Gasteiger partial charge on any atom is 0.129 e. The summed E-state index contributed by atoms with van der Waals surface area (Å²) >= 11 is 0. The maximum absolute atomic E-state index is 10.7. The number of aliphatic hydroxyl groups is 1. The minimum Gasteiger partial charge on any atom is -0.493 e. The van der Waals surface area contributed by atoms with Crippen LogP contribution in [0.2, 0.25) is 0 Å². The van der Waals surface area contributed by atoms with E-state index in [1.54, 1.807) is 6.92 Å².